The lowest BCUT2D eigenvalue weighted by Gasteiger charge is -2.34. The highest BCUT2D eigenvalue weighted by atomic mass is 35.5. The Morgan fingerprint density at radius 3 is 2.02 bits per heavy atom. The first-order valence-electron chi connectivity index (χ1n) is 13.9. The molecule has 230 valence electrons. The first-order valence-corrected chi connectivity index (χ1v) is 16.4. The van der Waals surface area contributed by atoms with E-state index in [9.17, 15) is 18.0 Å². The van der Waals surface area contributed by atoms with E-state index in [4.69, 9.17) is 34.8 Å². The molecule has 4 rings (SSSR count). The lowest BCUT2D eigenvalue weighted by Crippen LogP contribution is -2.54. The molecule has 2 amide bonds. The summed E-state index contributed by atoms with van der Waals surface area (Å²) in [5.41, 5.74) is 1.52. The van der Waals surface area contributed by atoms with E-state index in [1.165, 1.54) is 35.2 Å². The fourth-order valence-corrected chi connectivity index (χ4v) is 6.77. The number of carbonyl (C=O) groups is 2. The van der Waals surface area contributed by atoms with Gasteiger partial charge in [0.2, 0.25) is 11.8 Å². The monoisotopic (exact) mass is 671 g/mol. The molecule has 4 aromatic carbocycles. The molecule has 44 heavy (non-hydrogen) atoms. The number of carbonyl (C=O) groups excluding carboxylic acids is 2. The van der Waals surface area contributed by atoms with Gasteiger partial charge in [-0.1, -0.05) is 95.5 Å². The van der Waals surface area contributed by atoms with Gasteiger partial charge >= 0.3 is 0 Å². The SMILES string of the molecule is CC(C)NC(=O)[C@H](Cc1ccccc1)N(Cc1cccc(Cl)c1)C(=O)CN(c1cc(Cl)ccc1Cl)S(=O)(=O)c1ccccc1. The van der Waals surface area contributed by atoms with E-state index < -0.39 is 28.5 Å². The highest BCUT2D eigenvalue weighted by Crippen LogP contribution is 2.33. The van der Waals surface area contributed by atoms with E-state index in [1.807, 2.05) is 44.2 Å². The van der Waals surface area contributed by atoms with E-state index in [1.54, 1.807) is 42.5 Å². The number of hydrogen-bond donors (Lipinski definition) is 1. The molecule has 0 fully saturated rings. The topological polar surface area (TPSA) is 86.8 Å². The highest BCUT2D eigenvalue weighted by molar-refractivity contribution is 7.92. The van der Waals surface area contributed by atoms with E-state index in [-0.39, 0.29) is 45.5 Å². The van der Waals surface area contributed by atoms with Crippen molar-refractivity contribution in [1.82, 2.24) is 10.2 Å². The smallest absolute Gasteiger partial charge is 0.264 e. The maximum absolute atomic E-state index is 14.4. The van der Waals surface area contributed by atoms with Crippen molar-refractivity contribution in [2.45, 2.75) is 43.8 Å². The first-order chi connectivity index (χ1) is 21.0. The van der Waals surface area contributed by atoms with Gasteiger partial charge < -0.3 is 10.2 Å². The molecule has 0 aliphatic carbocycles. The molecule has 0 spiro atoms. The molecule has 0 aromatic heterocycles. The van der Waals surface area contributed by atoms with Crippen molar-refractivity contribution in [3.05, 3.63) is 129 Å². The summed E-state index contributed by atoms with van der Waals surface area (Å²) in [5.74, 6) is -1.00. The Morgan fingerprint density at radius 2 is 1.39 bits per heavy atom. The number of rotatable bonds is 12. The van der Waals surface area contributed by atoms with Crippen LogP contribution in [0.4, 0.5) is 5.69 Å². The van der Waals surface area contributed by atoms with E-state index >= 15 is 0 Å². The van der Waals surface area contributed by atoms with Crippen molar-refractivity contribution in [2.24, 2.45) is 0 Å². The number of nitrogens with one attached hydrogen (secondary N) is 1. The van der Waals surface area contributed by atoms with Crippen LogP contribution < -0.4 is 9.62 Å². The molecule has 0 heterocycles. The van der Waals surface area contributed by atoms with Gasteiger partial charge in [0, 0.05) is 29.1 Å². The lowest BCUT2D eigenvalue weighted by molar-refractivity contribution is -0.140. The number of nitrogens with zero attached hydrogens (tertiary/aromatic N) is 2. The Labute approximate surface area is 273 Å². The van der Waals surface area contributed by atoms with Crippen LogP contribution in [0.3, 0.4) is 0 Å². The molecule has 0 aliphatic heterocycles. The van der Waals surface area contributed by atoms with Crippen molar-refractivity contribution in [2.75, 3.05) is 10.8 Å². The highest BCUT2D eigenvalue weighted by Gasteiger charge is 2.35. The quantitative estimate of drug-likeness (QED) is 0.176. The summed E-state index contributed by atoms with van der Waals surface area (Å²) in [6, 6.07) is 27.2. The molecule has 0 saturated carbocycles. The van der Waals surface area contributed by atoms with Crippen LogP contribution in [0, 0.1) is 0 Å². The van der Waals surface area contributed by atoms with Gasteiger partial charge in [0.15, 0.2) is 0 Å². The van der Waals surface area contributed by atoms with Gasteiger partial charge in [-0.15, -0.1) is 0 Å². The van der Waals surface area contributed by atoms with Crippen LogP contribution in [0.5, 0.6) is 0 Å². The van der Waals surface area contributed by atoms with Gasteiger partial charge in [-0.05, 0) is 67.4 Å². The summed E-state index contributed by atoms with van der Waals surface area (Å²) in [7, 11) is -4.30. The predicted octanol–water partition coefficient (Wildman–Crippen LogP) is 7.01. The molecule has 0 unspecified atom stereocenters. The summed E-state index contributed by atoms with van der Waals surface area (Å²) in [4.78, 5) is 29.5. The van der Waals surface area contributed by atoms with E-state index in [0.717, 1.165) is 9.87 Å². The molecule has 1 atom stereocenters. The summed E-state index contributed by atoms with van der Waals surface area (Å²) >= 11 is 19.0. The summed E-state index contributed by atoms with van der Waals surface area (Å²) in [6.45, 7) is 2.99. The Balaban J connectivity index is 1.83. The first kappa shape index (κ1) is 33.3. The molecule has 7 nitrogen and oxygen atoms in total. The molecule has 0 aliphatic rings. The second-order valence-corrected chi connectivity index (χ2v) is 13.6. The summed E-state index contributed by atoms with van der Waals surface area (Å²) in [5, 5.41) is 3.70. The predicted molar refractivity (Wildman–Crippen MR) is 177 cm³/mol. The average molecular weight is 673 g/mol. The standard InChI is InChI=1S/C33H32Cl3N3O4S/c1-23(2)37-33(41)31(19-24-10-5-3-6-11-24)38(21-25-12-9-13-26(34)18-25)32(40)22-39(30-20-27(35)16-17-29(30)36)44(42,43)28-14-7-4-8-15-28/h3-18,20,23,31H,19,21-22H2,1-2H3,(H,37,41)/t31-/m0/s1. The molecular formula is C33H32Cl3N3O4S. The Hall–Kier alpha value is -3.56. The molecule has 11 heteroatoms. The maximum Gasteiger partial charge on any atom is 0.264 e. The van der Waals surface area contributed by atoms with Gasteiger partial charge in [0.25, 0.3) is 10.0 Å². The van der Waals surface area contributed by atoms with Crippen LogP contribution in [0.2, 0.25) is 15.1 Å². The number of hydrogen-bond acceptors (Lipinski definition) is 4. The third kappa shape index (κ3) is 8.54. The number of halogens is 3. The molecular weight excluding hydrogens is 641 g/mol. The van der Waals surface area contributed by atoms with Crippen molar-refractivity contribution in [3.63, 3.8) is 0 Å². The van der Waals surface area contributed by atoms with Crippen LogP contribution >= 0.6 is 34.8 Å². The molecule has 1 N–H and O–H groups in total. The van der Waals surface area contributed by atoms with Gasteiger partial charge in [-0.25, -0.2) is 8.42 Å². The normalized spacial score (nSPS) is 12.0. The Bertz CT molecular complexity index is 1700. The maximum atomic E-state index is 14.4. The van der Waals surface area contributed by atoms with Gasteiger partial charge in [-0.2, -0.15) is 0 Å². The largest absolute Gasteiger partial charge is 0.352 e. The number of benzene rings is 4. The Morgan fingerprint density at radius 1 is 0.773 bits per heavy atom. The molecule has 0 saturated heterocycles. The van der Waals surface area contributed by atoms with Gasteiger partial charge in [0.1, 0.15) is 12.6 Å². The fraction of sp³-hybridized carbons (Fsp3) is 0.212. The minimum atomic E-state index is -4.30. The van der Waals surface area contributed by atoms with Crippen molar-refractivity contribution in [3.8, 4) is 0 Å². The second-order valence-electron chi connectivity index (χ2n) is 10.4. The molecule has 4 aromatic rings. The third-order valence-electron chi connectivity index (χ3n) is 6.73. The molecule has 0 radical (unpaired) electrons. The van der Waals surface area contributed by atoms with E-state index in [0.29, 0.717) is 10.6 Å². The minimum Gasteiger partial charge on any atom is -0.352 e. The molecule has 0 bridgehead atoms. The third-order valence-corrected chi connectivity index (χ3v) is 9.29. The second kappa shape index (κ2) is 14.9. The number of sulfonamides is 1. The zero-order valence-corrected chi connectivity index (χ0v) is 27.2. The van der Waals surface area contributed by atoms with Crippen LogP contribution in [0.15, 0.2) is 108 Å². The van der Waals surface area contributed by atoms with Crippen molar-refractivity contribution >= 4 is 62.3 Å². The number of anilines is 1. The lowest BCUT2D eigenvalue weighted by atomic mass is 10.0. The van der Waals surface area contributed by atoms with Gasteiger partial charge in [-0.3, -0.25) is 13.9 Å². The Kier molecular flexibility index (Phi) is 11.3. The summed E-state index contributed by atoms with van der Waals surface area (Å²) in [6.07, 6.45) is 0.190. The zero-order valence-electron chi connectivity index (χ0n) is 24.2. The van der Waals surface area contributed by atoms with Crippen molar-refractivity contribution < 1.29 is 18.0 Å². The van der Waals surface area contributed by atoms with E-state index in [2.05, 4.69) is 5.32 Å². The van der Waals surface area contributed by atoms with Crippen LogP contribution in [-0.2, 0) is 32.6 Å². The van der Waals surface area contributed by atoms with Crippen LogP contribution in [0.1, 0.15) is 25.0 Å². The number of amides is 2. The van der Waals surface area contributed by atoms with Crippen LogP contribution in [0.25, 0.3) is 0 Å². The fourth-order valence-electron chi connectivity index (χ4n) is 4.68. The van der Waals surface area contributed by atoms with Gasteiger partial charge in [0.05, 0.1) is 15.6 Å². The minimum absolute atomic E-state index is 0.00902. The zero-order chi connectivity index (χ0) is 31.9. The van der Waals surface area contributed by atoms with Crippen molar-refractivity contribution in [1.29, 1.82) is 0 Å². The average Bonchev–Trinajstić information content (AvgIpc) is 2.99. The van der Waals surface area contributed by atoms with Crippen LogP contribution in [-0.4, -0.2) is 43.8 Å². The summed E-state index contributed by atoms with van der Waals surface area (Å²) < 4.78 is 29.0.